The number of carbonyl (C=O) groups excluding carboxylic acids is 1. The molecule has 8 nitrogen and oxygen atoms in total. The second kappa shape index (κ2) is 10.6. The van der Waals surface area contributed by atoms with Crippen molar-refractivity contribution in [3.63, 3.8) is 0 Å². The fraction of sp³-hybridized carbons (Fsp3) is 0.400. The van der Waals surface area contributed by atoms with Gasteiger partial charge in [-0.1, -0.05) is 32.0 Å². The van der Waals surface area contributed by atoms with Crippen LogP contribution in [0.5, 0.6) is 5.75 Å². The van der Waals surface area contributed by atoms with Crippen LogP contribution in [0.3, 0.4) is 0 Å². The Hall–Kier alpha value is -3.23. The average Bonchev–Trinajstić information content (AvgIpc) is 2.83. The first-order valence-electron chi connectivity index (χ1n) is 11.5. The first-order chi connectivity index (χ1) is 16.0. The summed E-state index contributed by atoms with van der Waals surface area (Å²) < 4.78 is 5.35. The Balaban J connectivity index is 1.37. The highest BCUT2D eigenvalue weighted by atomic mass is 16.5. The monoisotopic (exact) mass is 449 g/mol. The lowest BCUT2D eigenvalue weighted by Gasteiger charge is -2.26. The van der Waals surface area contributed by atoms with Gasteiger partial charge in [0.25, 0.3) is 5.91 Å². The van der Waals surface area contributed by atoms with E-state index >= 15 is 0 Å². The maximum absolute atomic E-state index is 12.5. The van der Waals surface area contributed by atoms with Crippen LogP contribution in [-0.2, 0) is 4.74 Å². The molecule has 2 aromatic carbocycles. The number of phenolic OH excluding ortho intramolecular Hbond substituents is 1. The molecule has 174 valence electrons. The summed E-state index contributed by atoms with van der Waals surface area (Å²) in [6.45, 7) is 9.20. The lowest BCUT2D eigenvalue weighted by molar-refractivity contribution is 0.0374. The predicted octanol–water partition coefficient (Wildman–Crippen LogP) is 3.65. The number of nitrogens with one attached hydrogen (secondary N) is 2. The van der Waals surface area contributed by atoms with Crippen LogP contribution in [0.1, 0.15) is 42.1 Å². The van der Waals surface area contributed by atoms with Gasteiger partial charge in [0.1, 0.15) is 5.75 Å². The summed E-state index contributed by atoms with van der Waals surface area (Å²) in [7, 11) is 0. The molecule has 0 aliphatic carbocycles. The molecule has 8 heteroatoms. The quantitative estimate of drug-likeness (QED) is 0.357. The number of benzene rings is 2. The van der Waals surface area contributed by atoms with Gasteiger partial charge in [-0.05, 0) is 42.6 Å². The number of carbonyl (C=O) groups is 1. The minimum absolute atomic E-state index is 0.0307. The molecule has 1 aromatic heterocycles. The number of aromatic nitrogens is 2. The molecule has 0 atom stereocenters. The summed E-state index contributed by atoms with van der Waals surface area (Å²) in [5, 5.41) is 17.4. The first kappa shape index (κ1) is 22.9. The number of phenols is 1. The van der Waals surface area contributed by atoms with E-state index in [2.05, 4.69) is 45.4 Å². The topological polar surface area (TPSA) is 99.6 Å². The zero-order valence-corrected chi connectivity index (χ0v) is 19.2. The summed E-state index contributed by atoms with van der Waals surface area (Å²) in [5.41, 5.74) is 2.88. The van der Waals surface area contributed by atoms with Crippen LogP contribution in [0.4, 0.5) is 11.6 Å². The Morgan fingerprint density at radius 3 is 2.79 bits per heavy atom. The molecule has 3 aromatic rings. The lowest BCUT2D eigenvalue weighted by Crippen LogP contribution is -2.38. The molecule has 2 heterocycles. The fourth-order valence-corrected chi connectivity index (χ4v) is 3.94. The van der Waals surface area contributed by atoms with E-state index in [1.165, 1.54) is 6.07 Å². The van der Waals surface area contributed by atoms with E-state index in [1.807, 2.05) is 12.1 Å². The number of fused-ring (bicyclic) bond motifs is 1. The molecule has 0 unspecified atom stereocenters. The Bertz CT molecular complexity index is 1110. The van der Waals surface area contributed by atoms with Crippen LogP contribution in [0.2, 0.25) is 0 Å². The minimum atomic E-state index is -0.206. The van der Waals surface area contributed by atoms with E-state index in [0.29, 0.717) is 29.7 Å². The van der Waals surface area contributed by atoms with Gasteiger partial charge in [-0.25, -0.2) is 9.97 Å². The van der Waals surface area contributed by atoms with Gasteiger partial charge in [-0.2, -0.15) is 0 Å². The Kier molecular flexibility index (Phi) is 7.36. The molecular formula is C25H31N5O3. The number of anilines is 2. The third-order valence-electron chi connectivity index (χ3n) is 5.81. The van der Waals surface area contributed by atoms with Gasteiger partial charge >= 0.3 is 0 Å². The summed E-state index contributed by atoms with van der Waals surface area (Å²) in [4.78, 5) is 23.8. The van der Waals surface area contributed by atoms with Gasteiger partial charge in [0.2, 0.25) is 5.95 Å². The molecule has 0 bridgehead atoms. The van der Waals surface area contributed by atoms with Crippen molar-refractivity contribution in [2.75, 3.05) is 44.7 Å². The van der Waals surface area contributed by atoms with Crippen molar-refractivity contribution in [3.05, 3.63) is 53.7 Å². The van der Waals surface area contributed by atoms with E-state index < -0.39 is 0 Å². The average molecular weight is 450 g/mol. The van der Waals surface area contributed by atoms with E-state index in [9.17, 15) is 9.90 Å². The third kappa shape index (κ3) is 5.77. The highest BCUT2D eigenvalue weighted by Crippen LogP contribution is 2.28. The first-order valence-corrected chi connectivity index (χ1v) is 11.5. The van der Waals surface area contributed by atoms with Crippen molar-refractivity contribution >= 4 is 28.4 Å². The molecule has 33 heavy (non-hydrogen) atoms. The van der Waals surface area contributed by atoms with Gasteiger partial charge in [0, 0.05) is 36.8 Å². The van der Waals surface area contributed by atoms with Crippen LogP contribution < -0.4 is 10.6 Å². The van der Waals surface area contributed by atoms with Crippen LogP contribution in [0, 0.1) is 0 Å². The highest BCUT2D eigenvalue weighted by Gasteiger charge is 2.13. The predicted molar refractivity (Wildman–Crippen MR) is 129 cm³/mol. The maximum Gasteiger partial charge on any atom is 0.251 e. The molecule has 3 N–H and O–H groups in total. The number of morpholine rings is 1. The Morgan fingerprint density at radius 2 is 2.03 bits per heavy atom. The van der Waals surface area contributed by atoms with Crippen LogP contribution in [0.25, 0.3) is 10.9 Å². The van der Waals surface area contributed by atoms with Gasteiger partial charge in [-0.3, -0.25) is 9.69 Å². The van der Waals surface area contributed by atoms with Crippen molar-refractivity contribution in [1.29, 1.82) is 0 Å². The zero-order chi connectivity index (χ0) is 23.2. The van der Waals surface area contributed by atoms with Crippen LogP contribution >= 0.6 is 0 Å². The van der Waals surface area contributed by atoms with Crippen molar-refractivity contribution in [2.45, 2.75) is 26.2 Å². The van der Waals surface area contributed by atoms with E-state index in [0.717, 1.165) is 55.7 Å². The number of hydrogen-bond donors (Lipinski definition) is 3. The van der Waals surface area contributed by atoms with Gasteiger partial charge in [-0.15, -0.1) is 0 Å². The standard InChI is InChI=1S/C25H31N5O3/c1-17(2)20-6-3-5-19-16-27-25(29-23(19)20)28-21-8-7-18(15-22(21)31)24(32)26-9-4-10-30-11-13-33-14-12-30/h3,5-8,15-17,31H,4,9-14H2,1-2H3,(H,26,32)(H,27,28,29). The number of para-hydroxylation sites is 1. The second-order valence-corrected chi connectivity index (χ2v) is 8.55. The largest absolute Gasteiger partial charge is 0.506 e. The summed E-state index contributed by atoms with van der Waals surface area (Å²) in [6.07, 6.45) is 2.64. The van der Waals surface area contributed by atoms with E-state index in [4.69, 9.17) is 4.74 Å². The molecular weight excluding hydrogens is 418 g/mol. The molecule has 1 aliphatic rings. The van der Waals surface area contributed by atoms with Gasteiger partial charge < -0.3 is 20.5 Å². The number of amides is 1. The molecule has 0 radical (unpaired) electrons. The minimum Gasteiger partial charge on any atom is -0.506 e. The second-order valence-electron chi connectivity index (χ2n) is 8.55. The molecule has 1 fully saturated rings. The van der Waals surface area contributed by atoms with E-state index in [-0.39, 0.29) is 11.7 Å². The third-order valence-corrected chi connectivity index (χ3v) is 5.81. The van der Waals surface area contributed by atoms with Crippen molar-refractivity contribution in [1.82, 2.24) is 20.2 Å². The smallest absolute Gasteiger partial charge is 0.251 e. The number of hydrogen-bond acceptors (Lipinski definition) is 7. The molecule has 1 amide bonds. The van der Waals surface area contributed by atoms with Crippen molar-refractivity contribution in [2.24, 2.45) is 0 Å². The molecule has 1 aliphatic heterocycles. The fourth-order valence-electron chi connectivity index (χ4n) is 3.94. The van der Waals surface area contributed by atoms with E-state index in [1.54, 1.807) is 18.3 Å². The summed E-state index contributed by atoms with van der Waals surface area (Å²) >= 11 is 0. The van der Waals surface area contributed by atoms with Crippen LogP contribution in [0.15, 0.2) is 42.6 Å². The molecule has 0 saturated carbocycles. The number of ether oxygens (including phenoxy) is 1. The SMILES string of the molecule is CC(C)c1cccc2cnc(Nc3ccc(C(=O)NCCCN4CCOCC4)cc3O)nc12. The highest BCUT2D eigenvalue weighted by molar-refractivity contribution is 5.95. The van der Waals surface area contributed by atoms with Crippen LogP contribution in [-0.4, -0.2) is 65.3 Å². The molecule has 1 saturated heterocycles. The molecule has 4 rings (SSSR count). The number of rotatable bonds is 8. The maximum atomic E-state index is 12.5. The normalized spacial score (nSPS) is 14.5. The summed E-state index contributed by atoms with van der Waals surface area (Å²) in [6, 6.07) is 10.9. The van der Waals surface area contributed by atoms with Gasteiger partial charge in [0.15, 0.2) is 0 Å². The molecule has 0 spiro atoms. The number of aromatic hydroxyl groups is 1. The lowest BCUT2D eigenvalue weighted by atomic mass is 10.0. The zero-order valence-electron chi connectivity index (χ0n) is 19.2. The Labute approximate surface area is 194 Å². The van der Waals surface area contributed by atoms with Crippen molar-refractivity contribution < 1.29 is 14.6 Å². The Morgan fingerprint density at radius 1 is 1.21 bits per heavy atom. The summed E-state index contributed by atoms with van der Waals surface area (Å²) in [5.74, 6) is 0.488. The number of nitrogens with zero attached hydrogens (tertiary/aromatic N) is 3. The van der Waals surface area contributed by atoms with Gasteiger partial charge in [0.05, 0.1) is 24.4 Å². The van der Waals surface area contributed by atoms with Crippen molar-refractivity contribution in [3.8, 4) is 5.75 Å².